The minimum Gasteiger partial charge on any atom is -0.504 e. The van der Waals surface area contributed by atoms with E-state index in [1.807, 2.05) is 12.1 Å². The van der Waals surface area contributed by atoms with Crippen molar-refractivity contribution in [2.24, 2.45) is 23.3 Å². The molecule has 29 heteroatoms. The van der Waals surface area contributed by atoms with Gasteiger partial charge in [0.2, 0.25) is 35.4 Å². The first-order valence-corrected chi connectivity index (χ1v) is 32.5. The Kier molecular flexibility index (Phi) is 23.6. The average molecular weight is 1300 g/mol. The van der Waals surface area contributed by atoms with Crippen LogP contribution in [0.25, 0.3) is 21.1 Å². The number of hydrogen-bond acceptors (Lipinski definition) is 22. The Morgan fingerprint density at radius 3 is 2.03 bits per heavy atom. The van der Waals surface area contributed by atoms with Crippen LogP contribution in [0.2, 0.25) is 0 Å². The maximum atomic E-state index is 14.7. The predicted octanol–water partition coefficient (Wildman–Crippen LogP) is -2.09. The van der Waals surface area contributed by atoms with Crippen LogP contribution in [0.4, 0.5) is 5.69 Å². The summed E-state index contributed by atoms with van der Waals surface area (Å²) in [5.74, 6) is -7.71. The molecule has 28 nitrogen and oxygen atoms in total. The molecule has 1 saturated carbocycles. The molecule has 3 aromatic carbocycles. The van der Waals surface area contributed by atoms with E-state index in [9.17, 15) is 69.3 Å². The molecule has 9 rings (SSSR count). The number of nitrogens with zero attached hydrogens (tertiary/aromatic N) is 6. The number of fused-ring (bicyclic) bond motifs is 2. The van der Waals surface area contributed by atoms with Gasteiger partial charge in [-0.2, -0.15) is 0 Å². The van der Waals surface area contributed by atoms with E-state index in [2.05, 4.69) is 58.7 Å². The van der Waals surface area contributed by atoms with Crippen molar-refractivity contribution in [3.63, 3.8) is 0 Å². The van der Waals surface area contributed by atoms with Crippen molar-refractivity contribution in [3.05, 3.63) is 77.9 Å². The fourth-order valence-corrected chi connectivity index (χ4v) is 13.6. The zero-order valence-electron chi connectivity index (χ0n) is 51.7. The number of amides is 7. The van der Waals surface area contributed by atoms with Crippen molar-refractivity contribution < 1.29 is 74.0 Å². The van der Waals surface area contributed by atoms with Crippen LogP contribution in [-0.4, -0.2) is 247 Å². The van der Waals surface area contributed by atoms with Crippen molar-refractivity contribution in [1.29, 1.82) is 0 Å². The summed E-state index contributed by atoms with van der Waals surface area (Å²) >= 11 is 1.35. The van der Waals surface area contributed by atoms with Gasteiger partial charge in [0.25, 0.3) is 5.91 Å². The van der Waals surface area contributed by atoms with E-state index in [0.29, 0.717) is 22.0 Å². The van der Waals surface area contributed by atoms with E-state index < -0.39 is 152 Å². The zero-order valence-corrected chi connectivity index (χ0v) is 52.5. The monoisotopic (exact) mass is 1300 g/mol. The number of carbonyl (C=O) groups excluding carboxylic acids is 7. The first-order chi connectivity index (χ1) is 44.1. The number of nitrogens with two attached hydrogens (primary N) is 2. The Labute approximate surface area is 537 Å². The Morgan fingerprint density at radius 2 is 1.38 bits per heavy atom. The van der Waals surface area contributed by atoms with Gasteiger partial charge in [-0.1, -0.05) is 49.3 Å². The molecule has 1 aromatic heterocycles. The highest BCUT2D eigenvalue weighted by Gasteiger charge is 2.50. The minimum absolute atomic E-state index is 0.00671. The van der Waals surface area contributed by atoms with E-state index >= 15 is 0 Å². The topological polar surface area (TPSA) is 421 Å². The van der Waals surface area contributed by atoms with Crippen molar-refractivity contribution in [2.45, 2.75) is 145 Å². The summed E-state index contributed by atoms with van der Waals surface area (Å²) in [5, 5.41) is 102. The van der Waals surface area contributed by atoms with Crippen LogP contribution < -0.4 is 47.7 Å². The van der Waals surface area contributed by atoms with Crippen LogP contribution in [0.1, 0.15) is 81.1 Å². The molecule has 0 bridgehead atoms. The second-order valence-electron chi connectivity index (χ2n) is 24.8. The fraction of sp³-hybridized carbons (Fsp3) is 0.571. The Bertz CT molecular complexity index is 3200. The third-order valence-corrected chi connectivity index (χ3v) is 19.0. The van der Waals surface area contributed by atoms with Crippen molar-refractivity contribution in [2.75, 3.05) is 77.0 Å². The normalized spacial score (nSPS) is 27.0. The number of anilines is 1. The lowest BCUT2D eigenvalue weighted by Gasteiger charge is -2.37. The van der Waals surface area contributed by atoms with Crippen LogP contribution in [0, 0.1) is 11.8 Å². The number of piperazine rings is 1. The fourth-order valence-electron chi connectivity index (χ4n) is 12.7. The van der Waals surface area contributed by atoms with Crippen LogP contribution >= 0.6 is 11.3 Å². The van der Waals surface area contributed by atoms with Gasteiger partial charge in [-0.3, -0.25) is 38.5 Å². The average Bonchev–Trinajstić information content (AvgIpc) is 1.63. The Balaban J connectivity index is 0.952. The first-order valence-electron chi connectivity index (χ1n) is 31.7. The molecule has 5 aliphatic rings. The van der Waals surface area contributed by atoms with Gasteiger partial charge in [-0.05, 0) is 106 Å². The summed E-state index contributed by atoms with van der Waals surface area (Å²) in [6.45, 7) is 6.60. The summed E-state index contributed by atoms with van der Waals surface area (Å²) < 4.78 is 5.66. The summed E-state index contributed by atoms with van der Waals surface area (Å²) in [5.41, 5.74) is 14.4. The molecule has 4 saturated heterocycles. The SMILES string of the molecule is C[C@@H](O)[C@@H]1NC(=O)[C@@H](NC(=O)c2ccc(-c3nnc(-c4ccc(N5CCN(CC6CCCC6)CC5)cc4)s3)cc2)C[C@@H](O)CNC(=O)[C@@H]2[C@@H](O)[C@@H](C)CN2C(=O)[C@H]([C@H](O)CCN)NC(=O)[C@H]([C@H](O)Cc2ccc(O)c(OCCCN)c2)NC(=O)[C@@H]2C[C@@H](O)CN2C1=O. The van der Waals surface area contributed by atoms with E-state index in [1.165, 1.54) is 73.9 Å². The van der Waals surface area contributed by atoms with E-state index in [1.54, 1.807) is 19.1 Å². The highest BCUT2D eigenvalue weighted by molar-refractivity contribution is 7.17. The van der Waals surface area contributed by atoms with Crippen LogP contribution in [0.5, 0.6) is 11.5 Å². The van der Waals surface area contributed by atoms with Crippen LogP contribution in [0.3, 0.4) is 0 Å². The molecule has 1 aliphatic carbocycles. The summed E-state index contributed by atoms with van der Waals surface area (Å²) in [6, 6.07) is 7.64. The number of benzene rings is 3. The molecule has 0 radical (unpaired) electrons. The molecule has 16 N–H and O–H groups in total. The number of aliphatic hydroxyl groups is 6. The van der Waals surface area contributed by atoms with Gasteiger partial charge < -0.3 is 93.2 Å². The molecule has 4 aromatic rings. The molecule has 5 heterocycles. The number of aromatic hydroxyl groups is 1. The molecule has 92 heavy (non-hydrogen) atoms. The summed E-state index contributed by atoms with van der Waals surface area (Å²) in [7, 11) is 0. The third kappa shape index (κ3) is 16.8. The number of aliphatic hydroxyl groups excluding tert-OH is 6. The molecular formula is C63H87N13O15S. The highest BCUT2D eigenvalue weighted by atomic mass is 32.1. The number of rotatable bonds is 18. The lowest BCUT2D eigenvalue weighted by atomic mass is 9.98. The molecule has 4 aliphatic heterocycles. The number of aromatic nitrogens is 2. The van der Waals surface area contributed by atoms with E-state index in [4.69, 9.17) is 16.2 Å². The second-order valence-corrected chi connectivity index (χ2v) is 25.8. The maximum Gasteiger partial charge on any atom is 0.251 e. The highest BCUT2D eigenvalue weighted by Crippen LogP contribution is 2.34. The quantitative estimate of drug-likeness (QED) is 0.0475. The number of hydrogen-bond donors (Lipinski definition) is 14. The Hall–Kier alpha value is -7.45. The van der Waals surface area contributed by atoms with Gasteiger partial charge in [-0.15, -0.1) is 10.2 Å². The van der Waals surface area contributed by atoms with Crippen molar-refractivity contribution >= 4 is 58.4 Å². The van der Waals surface area contributed by atoms with Gasteiger partial charge in [0, 0.05) is 99.9 Å². The Morgan fingerprint density at radius 1 is 0.739 bits per heavy atom. The van der Waals surface area contributed by atoms with Gasteiger partial charge in [-0.25, -0.2) is 0 Å². The molecule has 7 amide bonds. The number of phenols is 1. The molecular weight excluding hydrogens is 1210 g/mol. The second kappa shape index (κ2) is 31.4. The van der Waals surface area contributed by atoms with Crippen LogP contribution in [0.15, 0.2) is 66.7 Å². The number of nitrogens with one attached hydrogen (secondary N) is 5. The summed E-state index contributed by atoms with van der Waals surface area (Å²) in [6.07, 6.45) is -6.02. The smallest absolute Gasteiger partial charge is 0.251 e. The van der Waals surface area contributed by atoms with Gasteiger partial charge in [0.05, 0.1) is 43.2 Å². The lowest BCUT2D eigenvalue weighted by Crippen LogP contribution is -2.64. The molecule has 5 fully saturated rings. The minimum atomic E-state index is -2.04. The van der Waals surface area contributed by atoms with E-state index in [0.717, 1.165) is 60.1 Å². The third-order valence-electron chi connectivity index (χ3n) is 17.9. The molecule has 0 spiro atoms. The predicted molar refractivity (Wildman–Crippen MR) is 337 cm³/mol. The number of β-amino-alcohol motifs (C(OH)–C–C–N with tert-alkyl or cyclic N) is 1. The standard InChI is InChI=1S/C63H87N13O15S/c1-34-31-76-53(54(34)83)59(88)66-30-42(78)28-44(67-55(84)38-9-11-39(12-10-38)60-71-72-61(92-60)40-13-15-41(16-14-40)74-23-21-73(22-24-74)32-36-6-3-4-7-36)56(85)68-50(35(2)77)62(89)75-33-43(79)29-45(75)57(86)69-51(58(87)70-52(63(76)90)47(81)18-20-65)48(82)26-37-8-17-46(80)49(27-37)91-25-5-19-64/h8-17,27,34-36,42-45,47-48,50-54,77-83H,3-7,18-26,28-33,64-65H2,1-2H3,(H,66,88)(H,67,84)(H,68,85)(H,69,86)(H,70,87)/t34-,35+,42+,43+,44-,45-,47+,48+,50-,51-,52-,53-,54-/m0/s1. The summed E-state index contributed by atoms with van der Waals surface area (Å²) in [4.78, 5) is 108. The van der Waals surface area contributed by atoms with Crippen molar-refractivity contribution in [3.8, 4) is 32.6 Å². The van der Waals surface area contributed by atoms with Gasteiger partial charge in [0.15, 0.2) is 11.5 Å². The molecule has 500 valence electrons. The largest absolute Gasteiger partial charge is 0.504 e. The number of phenolic OH excluding ortho intramolecular Hbond substituents is 1. The number of ether oxygens (including phenoxy) is 1. The number of carbonyl (C=O) groups is 7. The lowest BCUT2D eigenvalue weighted by molar-refractivity contribution is -0.147. The zero-order chi connectivity index (χ0) is 65.9. The van der Waals surface area contributed by atoms with Gasteiger partial charge >= 0.3 is 0 Å². The van der Waals surface area contributed by atoms with E-state index in [-0.39, 0.29) is 55.3 Å². The van der Waals surface area contributed by atoms with Crippen LogP contribution in [-0.2, 0) is 35.2 Å². The van der Waals surface area contributed by atoms with Crippen molar-refractivity contribution in [1.82, 2.24) is 51.5 Å². The first kappa shape index (κ1) is 68.9. The molecule has 13 atom stereocenters. The van der Waals surface area contributed by atoms with Gasteiger partial charge in [0.1, 0.15) is 46.3 Å². The molecule has 0 unspecified atom stereocenters. The maximum absolute atomic E-state index is 14.7.